The number of hydrogen-bond donors (Lipinski definition) is 1. The van der Waals surface area contributed by atoms with Gasteiger partial charge in [-0.2, -0.15) is 0 Å². The summed E-state index contributed by atoms with van der Waals surface area (Å²) in [4.78, 5) is 23.1. The number of hydrogen-bond acceptors (Lipinski definition) is 4. The second kappa shape index (κ2) is 6.77. The van der Waals surface area contributed by atoms with E-state index in [0.29, 0.717) is 24.1 Å². The van der Waals surface area contributed by atoms with Crippen LogP contribution >= 0.6 is 0 Å². The van der Waals surface area contributed by atoms with Crippen LogP contribution < -0.4 is 5.32 Å². The van der Waals surface area contributed by atoms with Gasteiger partial charge in [0, 0.05) is 25.8 Å². The highest BCUT2D eigenvalue weighted by atomic mass is 16.2. The van der Waals surface area contributed by atoms with E-state index in [-0.39, 0.29) is 5.91 Å². The van der Waals surface area contributed by atoms with Crippen LogP contribution in [-0.2, 0) is 13.0 Å². The molecule has 2 aromatic rings. The van der Waals surface area contributed by atoms with Crippen LogP contribution in [0.1, 0.15) is 35.5 Å². The van der Waals surface area contributed by atoms with E-state index in [0.717, 1.165) is 19.5 Å². The number of carbonyl (C=O) groups is 1. The third-order valence-corrected chi connectivity index (χ3v) is 3.96. The minimum absolute atomic E-state index is 0.0329. The van der Waals surface area contributed by atoms with Crippen LogP contribution in [0.3, 0.4) is 0 Å². The van der Waals surface area contributed by atoms with Crippen molar-refractivity contribution in [1.82, 2.24) is 14.9 Å². The quantitative estimate of drug-likeness (QED) is 0.943. The molecule has 120 valence electrons. The van der Waals surface area contributed by atoms with Gasteiger partial charge in [0.05, 0.1) is 0 Å². The summed E-state index contributed by atoms with van der Waals surface area (Å²) in [6.07, 6.45) is 2.53. The molecular weight excluding hydrogens is 288 g/mol. The third kappa shape index (κ3) is 3.67. The molecule has 1 amide bonds. The van der Waals surface area contributed by atoms with Crippen molar-refractivity contribution in [2.45, 2.75) is 26.8 Å². The maximum Gasteiger partial charge on any atom is 0.272 e. The number of carbonyl (C=O) groups excluding carboxylic acids is 1. The molecule has 1 aliphatic heterocycles. The average molecular weight is 310 g/mol. The Kier molecular flexibility index (Phi) is 4.55. The molecule has 0 radical (unpaired) electrons. The number of nitrogens with zero attached hydrogens (tertiary/aromatic N) is 3. The van der Waals surface area contributed by atoms with Gasteiger partial charge < -0.3 is 10.2 Å². The summed E-state index contributed by atoms with van der Waals surface area (Å²) >= 11 is 0. The molecule has 1 aromatic carbocycles. The van der Waals surface area contributed by atoms with E-state index in [1.165, 1.54) is 11.1 Å². The van der Waals surface area contributed by atoms with Gasteiger partial charge in [0.15, 0.2) is 0 Å². The van der Waals surface area contributed by atoms with Crippen LogP contribution in [-0.4, -0.2) is 33.9 Å². The van der Waals surface area contributed by atoms with Crippen LogP contribution in [0.4, 0.5) is 5.95 Å². The van der Waals surface area contributed by atoms with Crippen molar-refractivity contribution in [3.63, 3.8) is 0 Å². The number of anilines is 1. The molecule has 1 aromatic heterocycles. The zero-order valence-electron chi connectivity index (χ0n) is 13.6. The molecule has 0 unspecified atom stereocenters. The first kappa shape index (κ1) is 15.5. The molecule has 0 spiro atoms. The van der Waals surface area contributed by atoms with Gasteiger partial charge in [0.2, 0.25) is 5.95 Å². The van der Waals surface area contributed by atoms with Crippen molar-refractivity contribution < 1.29 is 4.79 Å². The van der Waals surface area contributed by atoms with E-state index in [2.05, 4.69) is 41.3 Å². The van der Waals surface area contributed by atoms with Crippen LogP contribution in [0, 0.1) is 5.92 Å². The van der Waals surface area contributed by atoms with Crippen molar-refractivity contribution in [2.24, 2.45) is 5.92 Å². The molecule has 1 aliphatic rings. The maximum absolute atomic E-state index is 12.7. The monoisotopic (exact) mass is 310 g/mol. The molecule has 2 heterocycles. The first-order chi connectivity index (χ1) is 11.1. The topological polar surface area (TPSA) is 58.1 Å². The second-order valence-electron chi connectivity index (χ2n) is 6.29. The smallest absolute Gasteiger partial charge is 0.272 e. The largest absolute Gasteiger partial charge is 0.354 e. The van der Waals surface area contributed by atoms with Crippen molar-refractivity contribution in [3.05, 3.63) is 53.3 Å². The first-order valence-corrected chi connectivity index (χ1v) is 8.06. The van der Waals surface area contributed by atoms with Crippen molar-refractivity contribution in [1.29, 1.82) is 0 Å². The number of amides is 1. The van der Waals surface area contributed by atoms with Crippen molar-refractivity contribution >= 4 is 11.9 Å². The molecule has 5 nitrogen and oxygen atoms in total. The van der Waals surface area contributed by atoms with E-state index < -0.39 is 0 Å². The van der Waals surface area contributed by atoms with E-state index >= 15 is 0 Å². The lowest BCUT2D eigenvalue weighted by molar-refractivity contribution is 0.0728. The first-order valence-electron chi connectivity index (χ1n) is 8.06. The Morgan fingerprint density at radius 1 is 1.26 bits per heavy atom. The molecular formula is C18H22N4O. The molecule has 0 bridgehead atoms. The lowest BCUT2D eigenvalue weighted by atomic mass is 10.00. The Balaban J connectivity index is 1.72. The highest BCUT2D eigenvalue weighted by Gasteiger charge is 2.22. The highest BCUT2D eigenvalue weighted by Crippen LogP contribution is 2.20. The molecule has 3 rings (SSSR count). The number of fused-ring (bicyclic) bond motifs is 1. The third-order valence-electron chi connectivity index (χ3n) is 3.96. The zero-order chi connectivity index (χ0) is 16.2. The maximum atomic E-state index is 12.7. The van der Waals surface area contributed by atoms with Gasteiger partial charge in [-0.3, -0.25) is 4.79 Å². The Morgan fingerprint density at radius 3 is 2.83 bits per heavy atom. The standard InChI is InChI=1S/C18H22N4O/c1-13(2)11-20-18-19-9-7-16(21-18)17(23)22-10-8-14-5-3-4-6-15(14)12-22/h3-7,9,13H,8,10-12H2,1-2H3,(H,19,20,21). The van der Waals surface area contributed by atoms with E-state index in [1.54, 1.807) is 12.3 Å². The molecule has 0 atom stereocenters. The van der Waals surface area contributed by atoms with Gasteiger partial charge in [0.25, 0.3) is 5.91 Å². The lowest BCUT2D eigenvalue weighted by Crippen LogP contribution is -2.36. The van der Waals surface area contributed by atoms with Crippen LogP contribution in [0.25, 0.3) is 0 Å². The van der Waals surface area contributed by atoms with Gasteiger partial charge in [-0.05, 0) is 29.5 Å². The molecule has 0 aliphatic carbocycles. The summed E-state index contributed by atoms with van der Waals surface area (Å²) in [5.41, 5.74) is 3.00. The Hall–Kier alpha value is -2.43. The fourth-order valence-electron chi connectivity index (χ4n) is 2.69. The summed E-state index contributed by atoms with van der Waals surface area (Å²) in [7, 11) is 0. The minimum atomic E-state index is -0.0329. The fraction of sp³-hybridized carbons (Fsp3) is 0.389. The summed E-state index contributed by atoms with van der Waals surface area (Å²) in [5, 5.41) is 3.16. The van der Waals surface area contributed by atoms with Gasteiger partial charge in [0.1, 0.15) is 5.69 Å². The summed E-state index contributed by atoms with van der Waals surface area (Å²) in [6, 6.07) is 9.97. The molecule has 0 saturated carbocycles. The lowest BCUT2D eigenvalue weighted by Gasteiger charge is -2.28. The molecule has 0 fully saturated rings. The van der Waals surface area contributed by atoms with Crippen LogP contribution in [0.2, 0.25) is 0 Å². The highest BCUT2D eigenvalue weighted by molar-refractivity contribution is 5.92. The van der Waals surface area contributed by atoms with Gasteiger partial charge in [-0.25, -0.2) is 9.97 Å². The zero-order valence-corrected chi connectivity index (χ0v) is 13.6. The van der Waals surface area contributed by atoms with Gasteiger partial charge in [-0.1, -0.05) is 38.1 Å². The molecule has 5 heteroatoms. The van der Waals surface area contributed by atoms with E-state index in [9.17, 15) is 4.79 Å². The number of aromatic nitrogens is 2. The summed E-state index contributed by atoms with van der Waals surface area (Å²) in [5.74, 6) is 0.980. The Labute approximate surface area is 136 Å². The predicted molar refractivity (Wildman–Crippen MR) is 90.2 cm³/mol. The van der Waals surface area contributed by atoms with Crippen LogP contribution in [0.15, 0.2) is 36.5 Å². The number of rotatable bonds is 4. The van der Waals surface area contributed by atoms with Crippen molar-refractivity contribution in [2.75, 3.05) is 18.4 Å². The Bertz CT molecular complexity index is 699. The summed E-state index contributed by atoms with van der Waals surface area (Å²) in [6.45, 7) is 6.40. The minimum Gasteiger partial charge on any atom is -0.354 e. The normalized spacial score (nSPS) is 13.8. The van der Waals surface area contributed by atoms with Crippen LogP contribution in [0.5, 0.6) is 0 Å². The predicted octanol–water partition coefficient (Wildman–Crippen LogP) is 2.74. The Morgan fingerprint density at radius 2 is 2.04 bits per heavy atom. The molecule has 23 heavy (non-hydrogen) atoms. The molecule has 1 N–H and O–H groups in total. The average Bonchev–Trinajstić information content (AvgIpc) is 2.59. The van der Waals surface area contributed by atoms with Crippen molar-refractivity contribution in [3.8, 4) is 0 Å². The van der Waals surface area contributed by atoms with Gasteiger partial charge >= 0.3 is 0 Å². The number of benzene rings is 1. The number of nitrogens with one attached hydrogen (secondary N) is 1. The van der Waals surface area contributed by atoms with Gasteiger partial charge in [-0.15, -0.1) is 0 Å². The summed E-state index contributed by atoms with van der Waals surface area (Å²) < 4.78 is 0. The fourth-order valence-corrected chi connectivity index (χ4v) is 2.69. The van der Waals surface area contributed by atoms with E-state index in [1.807, 2.05) is 17.0 Å². The second-order valence-corrected chi connectivity index (χ2v) is 6.29. The SMILES string of the molecule is CC(C)CNc1nccc(C(=O)N2CCc3ccccc3C2)n1. The molecule has 0 saturated heterocycles. The van der Waals surface area contributed by atoms with E-state index in [4.69, 9.17) is 0 Å².